The second kappa shape index (κ2) is 8.37. The van der Waals surface area contributed by atoms with Crippen molar-refractivity contribution < 1.29 is 29.0 Å². The molecule has 2 N–H and O–H groups in total. The molecule has 2 amide bonds. The molecule has 0 spiro atoms. The van der Waals surface area contributed by atoms with Crippen LogP contribution in [0.5, 0.6) is 0 Å². The fourth-order valence-corrected chi connectivity index (χ4v) is 6.29. The molecule has 182 valence electrons. The van der Waals surface area contributed by atoms with Crippen LogP contribution in [0.4, 0.5) is 4.79 Å². The highest BCUT2D eigenvalue weighted by Gasteiger charge is 2.66. The third kappa shape index (κ3) is 3.86. The lowest BCUT2D eigenvalue weighted by Gasteiger charge is -2.40. The van der Waals surface area contributed by atoms with Crippen molar-refractivity contribution in [2.45, 2.75) is 37.3 Å². The van der Waals surface area contributed by atoms with Gasteiger partial charge in [0.25, 0.3) is 0 Å². The maximum absolute atomic E-state index is 13.0. The zero-order chi connectivity index (χ0) is 24.2. The molecule has 1 aliphatic heterocycles. The van der Waals surface area contributed by atoms with Crippen molar-refractivity contribution in [1.82, 2.24) is 10.2 Å². The van der Waals surface area contributed by atoms with Crippen molar-refractivity contribution in [3.05, 3.63) is 59.7 Å². The minimum absolute atomic E-state index is 0.0146. The van der Waals surface area contributed by atoms with E-state index in [1.165, 1.54) is 22.3 Å². The Labute approximate surface area is 203 Å². The number of amides is 2. The van der Waals surface area contributed by atoms with Gasteiger partial charge in [-0.05, 0) is 47.4 Å². The Morgan fingerprint density at radius 2 is 1.66 bits per heavy atom. The summed E-state index contributed by atoms with van der Waals surface area (Å²) in [5.74, 6) is -0.600. The molecular weight excluding hydrogens is 448 g/mol. The zero-order valence-corrected chi connectivity index (χ0v) is 19.3. The lowest BCUT2D eigenvalue weighted by Crippen LogP contribution is -2.57. The van der Waals surface area contributed by atoms with Gasteiger partial charge in [0, 0.05) is 25.0 Å². The van der Waals surface area contributed by atoms with Gasteiger partial charge in [-0.1, -0.05) is 48.5 Å². The molecule has 3 atom stereocenters. The van der Waals surface area contributed by atoms with Crippen LogP contribution in [0.1, 0.15) is 36.3 Å². The van der Waals surface area contributed by atoms with Crippen molar-refractivity contribution >= 4 is 18.0 Å². The Hall–Kier alpha value is -3.39. The number of likely N-dealkylation sites (tertiary alicyclic amines) is 1. The average molecular weight is 477 g/mol. The van der Waals surface area contributed by atoms with Crippen LogP contribution < -0.4 is 5.32 Å². The molecule has 3 fully saturated rings. The number of carbonyl (C=O) groups excluding carboxylic acids is 2. The highest BCUT2D eigenvalue weighted by molar-refractivity contribution is 5.87. The fraction of sp³-hybridized carbons (Fsp3) is 0.444. The van der Waals surface area contributed by atoms with Gasteiger partial charge in [0.2, 0.25) is 5.91 Å². The molecule has 1 saturated heterocycles. The predicted octanol–water partition coefficient (Wildman–Crippen LogP) is 3.01. The zero-order valence-electron chi connectivity index (χ0n) is 19.3. The van der Waals surface area contributed by atoms with Gasteiger partial charge in [-0.15, -0.1) is 0 Å². The molecule has 2 aromatic rings. The van der Waals surface area contributed by atoms with Crippen molar-refractivity contribution in [3.8, 4) is 11.1 Å². The Balaban J connectivity index is 1.01. The summed E-state index contributed by atoms with van der Waals surface area (Å²) in [5, 5.41) is 11.7. The second-order valence-corrected chi connectivity index (χ2v) is 10.2. The van der Waals surface area contributed by atoms with Crippen molar-refractivity contribution in [3.63, 3.8) is 0 Å². The molecule has 35 heavy (non-hydrogen) atoms. The van der Waals surface area contributed by atoms with Crippen LogP contribution in [-0.2, 0) is 19.1 Å². The number of rotatable bonds is 7. The SMILES string of the molecule is O=C(O)COC1CN(C(=O)[C@@]23C[C@@H](NC(=O)OCC4c5ccccc5-c5ccccc54)C[C@@H]2C3)C1. The maximum atomic E-state index is 13.0. The standard InChI is InChI=1S/C27H28N2O6/c30-24(31)15-34-18-12-29(13-18)25(32)27-10-16(27)9-17(11-27)28-26(33)35-14-23-21-7-3-1-5-19(21)20-6-2-4-8-22(20)23/h1-8,16-18,23H,9-15H2,(H,28,33)(H,30,31)/t16-,17+,27+/m1/s1. The number of fused-ring (bicyclic) bond motifs is 4. The minimum Gasteiger partial charge on any atom is -0.480 e. The van der Waals surface area contributed by atoms with E-state index < -0.39 is 12.1 Å². The molecule has 6 rings (SSSR count). The van der Waals surface area contributed by atoms with Crippen molar-refractivity contribution in [1.29, 1.82) is 0 Å². The van der Waals surface area contributed by atoms with E-state index in [0.717, 1.165) is 12.8 Å². The molecule has 0 aromatic heterocycles. The van der Waals surface area contributed by atoms with Gasteiger partial charge in [-0.2, -0.15) is 0 Å². The Bertz CT molecular complexity index is 1150. The van der Waals surface area contributed by atoms with Crippen LogP contribution in [0.25, 0.3) is 11.1 Å². The first-order valence-corrected chi connectivity index (χ1v) is 12.2. The highest BCUT2D eigenvalue weighted by Crippen LogP contribution is 2.64. The van der Waals surface area contributed by atoms with E-state index in [1.54, 1.807) is 4.90 Å². The molecule has 8 nitrogen and oxygen atoms in total. The molecule has 1 heterocycles. The Morgan fingerprint density at radius 1 is 1.00 bits per heavy atom. The summed E-state index contributed by atoms with van der Waals surface area (Å²) in [6, 6.07) is 16.4. The quantitative estimate of drug-likeness (QED) is 0.637. The number of carboxylic acids is 1. The number of nitrogens with one attached hydrogen (secondary N) is 1. The number of hydrogen-bond donors (Lipinski definition) is 2. The summed E-state index contributed by atoms with van der Waals surface area (Å²) in [6.45, 7) is 0.800. The summed E-state index contributed by atoms with van der Waals surface area (Å²) in [5.41, 5.74) is 4.34. The first-order chi connectivity index (χ1) is 16.9. The van der Waals surface area contributed by atoms with E-state index in [4.69, 9.17) is 14.6 Å². The molecule has 3 aliphatic carbocycles. The van der Waals surface area contributed by atoms with E-state index in [9.17, 15) is 14.4 Å². The Kier molecular flexibility index (Phi) is 5.29. The lowest BCUT2D eigenvalue weighted by atomic mass is 9.97. The molecule has 8 heteroatoms. The van der Waals surface area contributed by atoms with Crippen LogP contribution in [0, 0.1) is 11.3 Å². The summed E-state index contributed by atoms with van der Waals surface area (Å²) in [6.07, 6.45) is 1.61. The maximum Gasteiger partial charge on any atom is 0.407 e. The fourth-order valence-electron chi connectivity index (χ4n) is 6.29. The summed E-state index contributed by atoms with van der Waals surface area (Å²) in [4.78, 5) is 38.1. The van der Waals surface area contributed by atoms with Gasteiger partial charge in [0.15, 0.2) is 0 Å². The topological polar surface area (TPSA) is 105 Å². The van der Waals surface area contributed by atoms with E-state index >= 15 is 0 Å². The number of ether oxygens (including phenoxy) is 2. The van der Waals surface area contributed by atoms with E-state index in [1.807, 2.05) is 24.3 Å². The largest absolute Gasteiger partial charge is 0.480 e. The van der Waals surface area contributed by atoms with E-state index in [-0.39, 0.29) is 48.5 Å². The van der Waals surface area contributed by atoms with Crippen LogP contribution in [0.15, 0.2) is 48.5 Å². The molecule has 2 aromatic carbocycles. The van der Waals surface area contributed by atoms with Crippen LogP contribution in [-0.4, -0.2) is 66.4 Å². The molecular formula is C27H28N2O6. The molecule has 2 saturated carbocycles. The number of carbonyl (C=O) groups is 3. The van der Waals surface area contributed by atoms with Crippen molar-refractivity contribution in [2.75, 3.05) is 26.3 Å². The summed E-state index contributed by atoms with van der Waals surface area (Å²) >= 11 is 0. The number of aliphatic carboxylic acids is 1. The monoisotopic (exact) mass is 476 g/mol. The van der Waals surface area contributed by atoms with Crippen LogP contribution >= 0.6 is 0 Å². The predicted molar refractivity (Wildman–Crippen MR) is 126 cm³/mol. The minimum atomic E-state index is -1.01. The van der Waals surface area contributed by atoms with Gasteiger partial charge in [-0.3, -0.25) is 4.79 Å². The molecule has 0 unspecified atom stereocenters. The first kappa shape index (κ1) is 22.1. The summed E-state index contributed by atoms with van der Waals surface area (Å²) < 4.78 is 10.9. The molecule has 0 bridgehead atoms. The van der Waals surface area contributed by atoms with Gasteiger partial charge in [0.1, 0.15) is 13.2 Å². The van der Waals surface area contributed by atoms with Crippen LogP contribution in [0.3, 0.4) is 0 Å². The van der Waals surface area contributed by atoms with Crippen LogP contribution in [0.2, 0.25) is 0 Å². The second-order valence-electron chi connectivity index (χ2n) is 10.2. The van der Waals surface area contributed by atoms with Gasteiger partial charge >= 0.3 is 12.1 Å². The van der Waals surface area contributed by atoms with Gasteiger partial charge in [0.05, 0.1) is 11.5 Å². The van der Waals surface area contributed by atoms with Gasteiger partial charge in [-0.25, -0.2) is 9.59 Å². The molecule has 0 radical (unpaired) electrons. The summed E-state index contributed by atoms with van der Waals surface area (Å²) in [7, 11) is 0. The first-order valence-electron chi connectivity index (χ1n) is 12.2. The normalized spacial score (nSPS) is 26.3. The molecule has 4 aliphatic rings. The lowest BCUT2D eigenvalue weighted by molar-refractivity contribution is -0.157. The third-order valence-electron chi connectivity index (χ3n) is 8.08. The third-order valence-corrected chi connectivity index (χ3v) is 8.08. The van der Waals surface area contributed by atoms with Crippen molar-refractivity contribution in [2.24, 2.45) is 11.3 Å². The smallest absolute Gasteiger partial charge is 0.407 e. The number of hydrogen-bond acceptors (Lipinski definition) is 5. The number of carboxylic acid groups (broad SMARTS) is 1. The highest BCUT2D eigenvalue weighted by atomic mass is 16.5. The number of alkyl carbamates (subject to hydrolysis) is 1. The number of nitrogens with zero attached hydrogens (tertiary/aromatic N) is 1. The Morgan fingerprint density at radius 3 is 2.31 bits per heavy atom. The van der Waals surface area contributed by atoms with E-state index in [0.29, 0.717) is 19.5 Å². The average Bonchev–Trinajstić information content (AvgIpc) is 3.24. The van der Waals surface area contributed by atoms with Gasteiger partial charge < -0.3 is 24.8 Å². The number of benzene rings is 2. The van der Waals surface area contributed by atoms with E-state index in [2.05, 4.69) is 29.6 Å².